The number of ether oxygens (including phenoxy) is 2. The molecule has 0 atom stereocenters. The molecule has 0 saturated heterocycles. The number of rotatable bonds is 6. The number of thioether (sulfide) groups is 1. The fourth-order valence-corrected chi connectivity index (χ4v) is 2.29. The standard InChI is InChI=1S/C16H18N2O2S/c1-19-15-9-11(3-8-14(15)16(17)18)10-20-12-4-6-13(21-2)7-5-12/h3-9H,10H2,1-2H3,(H3,17,18). The van der Waals surface area contributed by atoms with Crippen LogP contribution >= 0.6 is 11.8 Å². The molecule has 0 aliphatic heterocycles. The predicted molar refractivity (Wildman–Crippen MR) is 86.6 cm³/mol. The van der Waals surface area contributed by atoms with Crippen molar-refractivity contribution >= 4 is 17.6 Å². The Labute approximate surface area is 128 Å². The molecule has 0 heterocycles. The van der Waals surface area contributed by atoms with Crippen molar-refractivity contribution in [1.29, 1.82) is 5.41 Å². The maximum atomic E-state index is 7.49. The molecular weight excluding hydrogens is 284 g/mol. The summed E-state index contributed by atoms with van der Waals surface area (Å²) in [6, 6.07) is 13.5. The fraction of sp³-hybridized carbons (Fsp3) is 0.188. The zero-order valence-electron chi connectivity index (χ0n) is 12.1. The van der Waals surface area contributed by atoms with E-state index in [2.05, 4.69) is 0 Å². The molecule has 0 radical (unpaired) electrons. The van der Waals surface area contributed by atoms with Gasteiger partial charge >= 0.3 is 0 Å². The molecule has 0 saturated carbocycles. The predicted octanol–water partition coefficient (Wildman–Crippen LogP) is 3.28. The zero-order chi connectivity index (χ0) is 15.2. The third kappa shape index (κ3) is 3.92. The van der Waals surface area contributed by atoms with E-state index in [-0.39, 0.29) is 5.84 Å². The number of nitrogens with two attached hydrogens (primary N) is 1. The van der Waals surface area contributed by atoms with E-state index in [1.54, 1.807) is 24.9 Å². The summed E-state index contributed by atoms with van der Waals surface area (Å²) in [5.74, 6) is 1.40. The van der Waals surface area contributed by atoms with Crippen molar-refractivity contribution < 1.29 is 9.47 Å². The quantitative estimate of drug-likeness (QED) is 0.488. The Morgan fingerprint density at radius 2 is 1.90 bits per heavy atom. The molecule has 0 unspecified atom stereocenters. The van der Waals surface area contributed by atoms with Crippen molar-refractivity contribution in [3.8, 4) is 11.5 Å². The Bertz CT molecular complexity index is 627. The van der Waals surface area contributed by atoms with E-state index in [1.807, 2.05) is 42.7 Å². The normalized spacial score (nSPS) is 10.2. The molecule has 5 heteroatoms. The van der Waals surface area contributed by atoms with Crippen molar-refractivity contribution in [2.24, 2.45) is 5.73 Å². The molecule has 0 fully saturated rings. The third-order valence-corrected chi connectivity index (χ3v) is 3.76. The lowest BCUT2D eigenvalue weighted by molar-refractivity contribution is 0.305. The van der Waals surface area contributed by atoms with Crippen molar-refractivity contribution in [3.63, 3.8) is 0 Å². The Morgan fingerprint density at radius 1 is 1.19 bits per heavy atom. The highest BCUT2D eigenvalue weighted by molar-refractivity contribution is 7.98. The summed E-state index contributed by atoms with van der Waals surface area (Å²) in [5.41, 5.74) is 7.05. The number of nitrogens with one attached hydrogen (secondary N) is 1. The first-order valence-corrected chi connectivity index (χ1v) is 7.64. The molecule has 21 heavy (non-hydrogen) atoms. The largest absolute Gasteiger partial charge is 0.496 e. The Balaban J connectivity index is 2.07. The molecule has 0 aromatic heterocycles. The van der Waals surface area contributed by atoms with Crippen LogP contribution in [0.1, 0.15) is 11.1 Å². The van der Waals surface area contributed by atoms with Gasteiger partial charge in [-0.1, -0.05) is 6.07 Å². The Morgan fingerprint density at radius 3 is 2.48 bits per heavy atom. The smallest absolute Gasteiger partial charge is 0.130 e. The van der Waals surface area contributed by atoms with Crippen molar-refractivity contribution in [1.82, 2.24) is 0 Å². The molecule has 110 valence electrons. The van der Waals surface area contributed by atoms with E-state index in [4.69, 9.17) is 20.6 Å². The van der Waals surface area contributed by atoms with Gasteiger partial charge in [0.25, 0.3) is 0 Å². The van der Waals surface area contributed by atoms with Crippen LogP contribution in [0.25, 0.3) is 0 Å². The fourth-order valence-electron chi connectivity index (χ4n) is 1.89. The maximum absolute atomic E-state index is 7.49. The van der Waals surface area contributed by atoms with Crippen LogP contribution in [0.3, 0.4) is 0 Å². The van der Waals surface area contributed by atoms with Crippen LogP contribution in [0, 0.1) is 5.41 Å². The maximum Gasteiger partial charge on any atom is 0.130 e. The minimum atomic E-state index is -0.00743. The van der Waals surface area contributed by atoms with E-state index in [9.17, 15) is 0 Å². The Hall–Kier alpha value is -2.14. The molecular formula is C16H18N2O2S. The first kappa shape index (κ1) is 15.3. The monoisotopic (exact) mass is 302 g/mol. The summed E-state index contributed by atoms with van der Waals surface area (Å²) < 4.78 is 11.0. The van der Waals surface area contributed by atoms with E-state index in [1.165, 1.54) is 4.90 Å². The van der Waals surface area contributed by atoms with Gasteiger partial charge in [0.1, 0.15) is 23.9 Å². The lowest BCUT2D eigenvalue weighted by Crippen LogP contribution is -2.12. The zero-order valence-corrected chi connectivity index (χ0v) is 12.9. The summed E-state index contributed by atoms with van der Waals surface area (Å²) >= 11 is 1.70. The van der Waals surface area contributed by atoms with Crippen LogP contribution in [-0.2, 0) is 6.61 Å². The number of methoxy groups -OCH3 is 1. The van der Waals surface area contributed by atoms with Gasteiger partial charge in [-0.05, 0) is 48.2 Å². The molecule has 0 spiro atoms. The van der Waals surface area contributed by atoms with Gasteiger partial charge in [0.2, 0.25) is 0 Å². The van der Waals surface area contributed by atoms with Gasteiger partial charge < -0.3 is 15.2 Å². The van der Waals surface area contributed by atoms with Crippen LogP contribution in [0.15, 0.2) is 47.4 Å². The van der Waals surface area contributed by atoms with E-state index in [0.717, 1.165) is 11.3 Å². The third-order valence-electron chi connectivity index (χ3n) is 3.02. The first-order valence-electron chi connectivity index (χ1n) is 6.42. The minimum absolute atomic E-state index is 0.00743. The van der Waals surface area contributed by atoms with Crippen LogP contribution in [0.5, 0.6) is 11.5 Å². The molecule has 3 N–H and O–H groups in total. The lowest BCUT2D eigenvalue weighted by atomic mass is 10.1. The topological polar surface area (TPSA) is 68.3 Å². The number of hydrogen-bond acceptors (Lipinski definition) is 4. The molecule has 0 aliphatic rings. The Kier molecular flexibility index (Phi) is 5.11. The molecule has 0 bridgehead atoms. The SMILES string of the molecule is COc1cc(COc2ccc(SC)cc2)ccc1C(=N)N. The van der Waals surface area contributed by atoms with Crippen LogP contribution in [0.4, 0.5) is 0 Å². The highest BCUT2D eigenvalue weighted by Gasteiger charge is 2.07. The van der Waals surface area contributed by atoms with Gasteiger partial charge in [-0.25, -0.2) is 0 Å². The van der Waals surface area contributed by atoms with Gasteiger partial charge in [-0.2, -0.15) is 0 Å². The van der Waals surface area contributed by atoms with Crippen LogP contribution < -0.4 is 15.2 Å². The number of amidine groups is 1. The van der Waals surface area contributed by atoms with Gasteiger partial charge in [-0.15, -0.1) is 11.8 Å². The summed E-state index contributed by atoms with van der Waals surface area (Å²) in [6.45, 7) is 0.438. The van der Waals surface area contributed by atoms with Gasteiger partial charge in [0.15, 0.2) is 0 Å². The second-order valence-corrected chi connectivity index (χ2v) is 5.29. The first-order chi connectivity index (χ1) is 10.1. The summed E-state index contributed by atoms with van der Waals surface area (Å²) in [7, 11) is 1.56. The molecule has 4 nitrogen and oxygen atoms in total. The van der Waals surface area contributed by atoms with Crippen molar-refractivity contribution in [3.05, 3.63) is 53.6 Å². The van der Waals surface area contributed by atoms with Crippen molar-refractivity contribution in [2.75, 3.05) is 13.4 Å². The molecule has 2 rings (SSSR count). The molecule has 2 aromatic rings. The van der Waals surface area contributed by atoms with Crippen LogP contribution in [0.2, 0.25) is 0 Å². The van der Waals surface area contributed by atoms with E-state index >= 15 is 0 Å². The highest BCUT2D eigenvalue weighted by Crippen LogP contribution is 2.22. The van der Waals surface area contributed by atoms with Crippen LogP contribution in [-0.4, -0.2) is 19.2 Å². The molecule has 2 aromatic carbocycles. The summed E-state index contributed by atoms with van der Waals surface area (Å²) in [6.07, 6.45) is 2.04. The van der Waals surface area contributed by atoms with Crippen molar-refractivity contribution in [2.45, 2.75) is 11.5 Å². The summed E-state index contributed by atoms with van der Waals surface area (Å²) in [4.78, 5) is 1.20. The average molecular weight is 302 g/mol. The van der Waals surface area contributed by atoms with E-state index < -0.39 is 0 Å². The number of hydrogen-bond donors (Lipinski definition) is 2. The van der Waals surface area contributed by atoms with Gasteiger partial charge in [0, 0.05) is 4.90 Å². The highest BCUT2D eigenvalue weighted by atomic mass is 32.2. The van der Waals surface area contributed by atoms with E-state index in [0.29, 0.717) is 17.9 Å². The molecule has 0 amide bonds. The second kappa shape index (κ2) is 7.04. The second-order valence-electron chi connectivity index (χ2n) is 4.41. The van der Waals surface area contributed by atoms with Gasteiger partial charge in [0.05, 0.1) is 12.7 Å². The van der Waals surface area contributed by atoms with Gasteiger partial charge in [-0.3, -0.25) is 5.41 Å². The average Bonchev–Trinajstić information content (AvgIpc) is 2.52. The lowest BCUT2D eigenvalue weighted by Gasteiger charge is -2.11. The summed E-state index contributed by atoms with van der Waals surface area (Å²) in [5, 5.41) is 7.49. The minimum Gasteiger partial charge on any atom is -0.496 e. The number of nitrogen functional groups attached to an aromatic ring is 1. The molecule has 0 aliphatic carbocycles. The number of benzene rings is 2.